The number of rotatable bonds is 3. The van der Waals surface area contributed by atoms with Crippen molar-refractivity contribution in [2.75, 3.05) is 5.32 Å². The number of hydrogen-bond acceptors (Lipinski definition) is 2. The molecule has 0 spiro atoms. The van der Waals surface area contributed by atoms with E-state index in [1.54, 1.807) is 0 Å². The van der Waals surface area contributed by atoms with Gasteiger partial charge < -0.3 is 5.32 Å². The molecule has 0 saturated carbocycles. The van der Waals surface area contributed by atoms with Crippen LogP contribution in [0.15, 0.2) is 42.5 Å². The van der Waals surface area contributed by atoms with Gasteiger partial charge in [-0.05, 0) is 49.1 Å². The van der Waals surface area contributed by atoms with Gasteiger partial charge in [-0.15, -0.1) is 0 Å². The van der Waals surface area contributed by atoms with E-state index in [9.17, 15) is 5.26 Å². The Bertz CT molecular complexity index is 623. The van der Waals surface area contributed by atoms with E-state index >= 15 is 0 Å². The SMILES string of the molecule is Cc1ccccc1NC(C#N)c1cccc(C)c1C. The molecular weight excluding hydrogens is 232 g/mol. The molecule has 2 aromatic rings. The molecule has 2 aromatic carbocycles. The lowest BCUT2D eigenvalue weighted by molar-refractivity contribution is 0.973. The number of nitriles is 1. The number of nitrogens with zero attached hydrogens (tertiary/aromatic N) is 1. The lowest BCUT2D eigenvalue weighted by Gasteiger charge is -2.18. The molecule has 2 nitrogen and oxygen atoms in total. The third kappa shape index (κ3) is 2.77. The van der Waals surface area contributed by atoms with Gasteiger partial charge in [0.15, 0.2) is 0 Å². The van der Waals surface area contributed by atoms with Crippen LogP contribution in [0.1, 0.15) is 28.3 Å². The number of nitrogens with one attached hydrogen (secondary N) is 1. The molecule has 0 fully saturated rings. The highest BCUT2D eigenvalue weighted by Crippen LogP contribution is 2.25. The van der Waals surface area contributed by atoms with E-state index in [1.807, 2.05) is 43.3 Å². The van der Waals surface area contributed by atoms with Crippen molar-refractivity contribution in [2.24, 2.45) is 0 Å². The largest absolute Gasteiger partial charge is 0.366 e. The molecule has 2 rings (SSSR count). The zero-order chi connectivity index (χ0) is 13.8. The maximum Gasteiger partial charge on any atom is 0.140 e. The zero-order valence-corrected chi connectivity index (χ0v) is 11.6. The maximum atomic E-state index is 9.43. The van der Waals surface area contributed by atoms with Crippen molar-refractivity contribution in [3.05, 3.63) is 64.7 Å². The van der Waals surface area contributed by atoms with Crippen LogP contribution in [-0.4, -0.2) is 0 Å². The third-order valence-electron chi connectivity index (χ3n) is 3.53. The first-order chi connectivity index (χ1) is 9.13. The molecule has 0 saturated heterocycles. The molecule has 0 aliphatic carbocycles. The lowest BCUT2D eigenvalue weighted by atomic mass is 9.98. The Hall–Kier alpha value is -2.27. The smallest absolute Gasteiger partial charge is 0.140 e. The van der Waals surface area contributed by atoms with Gasteiger partial charge in [0.05, 0.1) is 6.07 Å². The summed E-state index contributed by atoms with van der Waals surface area (Å²) in [5.41, 5.74) is 5.59. The van der Waals surface area contributed by atoms with Crippen LogP contribution in [0.5, 0.6) is 0 Å². The highest BCUT2D eigenvalue weighted by Gasteiger charge is 2.14. The van der Waals surface area contributed by atoms with Gasteiger partial charge in [-0.25, -0.2) is 0 Å². The van der Waals surface area contributed by atoms with Crippen LogP contribution in [0.25, 0.3) is 0 Å². The minimum Gasteiger partial charge on any atom is -0.366 e. The summed E-state index contributed by atoms with van der Waals surface area (Å²) in [6, 6.07) is 16.1. The molecule has 0 amide bonds. The van der Waals surface area contributed by atoms with Crippen LogP contribution in [0.4, 0.5) is 5.69 Å². The summed E-state index contributed by atoms with van der Waals surface area (Å²) in [6.07, 6.45) is 0. The van der Waals surface area contributed by atoms with E-state index in [1.165, 1.54) is 11.1 Å². The van der Waals surface area contributed by atoms with E-state index < -0.39 is 0 Å². The Balaban J connectivity index is 2.34. The topological polar surface area (TPSA) is 35.8 Å². The van der Waals surface area contributed by atoms with Crippen LogP contribution < -0.4 is 5.32 Å². The van der Waals surface area contributed by atoms with Crippen LogP contribution >= 0.6 is 0 Å². The predicted octanol–water partition coefficient (Wildman–Crippen LogP) is 4.29. The molecule has 0 aliphatic heterocycles. The molecule has 96 valence electrons. The van der Waals surface area contributed by atoms with Crippen molar-refractivity contribution in [2.45, 2.75) is 26.8 Å². The zero-order valence-electron chi connectivity index (χ0n) is 11.6. The average molecular weight is 250 g/mol. The normalized spacial score (nSPS) is 11.7. The Morgan fingerprint density at radius 3 is 2.32 bits per heavy atom. The lowest BCUT2D eigenvalue weighted by Crippen LogP contribution is -2.11. The van der Waals surface area contributed by atoms with Gasteiger partial charge in [-0.1, -0.05) is 36.4 Å². The first-order valence-electron chi connectivity index (χ1n) is 6.41. The first kappa shape index (κ1) is 13.2. The summed E-state index contributed by atoms with van der Waals surface area (Å²) < 4.78 is 0. The summed E-state index contributed by atoms with van der Waals surface area (Å²) >= 11 is 0. The molecule has 0 heterocycles. The van der Waals surface area contributed by atoms with Crippen molar-refractivity contribution >= 4 is 5.69 Å². The monoisotopic (exact) mass is 250 g/mol. The Morgan fingerprint density at radius 1 is 0.947 bits per heavy atom. The van der Waals surface area contributed by atoms with Crippen LogP contribution in [0.2, 0.25) is 0 Å². The van der Waals surface area contributed by atoms with E-state index in [-0.39, 0.29) is 6.04 Å². The second-order valence-corrected chi connectivity index (χ2v) is 4.81. The fourth-order valence-corrected chi connectivity index (χ4v) is 2.16. The summed E-state index contributed by atoms with van der Waals surface area (Å²) in [6.45, 7) is 6.18. The van der Waals surface area contributed by atoms with Crippen molar-refractivity contribution in [3.63, 3.8) is 0 Å². The average Bonchev–Trinajstić information content (AvgIpc) is 2.41. The van der Waals surface area contributed by atoms with Crippen molar-refractivity contribution < 1.29 is 0 Å². The quantitative estimate of drug-likeness (QED) is 0.882. The van der Waals surface area contributed by atoms with E-state index in [0.29, 0.717) is 0 Å². The minimum absolute atomic E-state index is 0.319. The Kier molecular flexibility index (Phi) is 3.87. The molecule has 1 atom stereocenters. The van der Waals surface area contributed by atoms with Gasteiger partial charge in [0.2, 0.25) is 0 Å². The molecule has 0 bridgehead atoms. The molecule has 0 aromatic heterocycles. The Morgan fingerprint density at radius 2 is 1.63 bits per heavy atom. The van der Waals surface area contributed by atoms with Crippen molar-refractivity contribution in [1.29, 1.82) is 5.26 Å². The number of benzene rings is 2. The molecule has 1 N–H and O–H groups in total. The van der Waals surface area contributed by atoms with Crippen molar-refractivity contribution in [1.82, 2.24) is 0 Å². The second-order valence-electron chi connectivity index (χ2n) is 4.81. The standard InChI is InChI=1S/C17H18N2/c1-12-8-6-9-15(14(12)3)17(11-18)19-16-10-5-4-7-13(16)2/h4-10,17,19H,1-3H3. The summed E-state index contributed by atoms with van der Waals surface area (Å²) in [5, 5.41) is 12.8. The number of anilines is 1. The Labute approximate surface area is 114 Å². The van der Waals surface area contributed by atoms with Crippen LogP contribution in [0.3, 0.4) is 0 Å². The molecular formula is C17H18N2. The second kappa shape index (κ2) is 5.58. The molecule has 1 unspecified atom stereocenters. The van der Waals surface area contributed by atoms with E-state index in [4.69, 9.17) is 0 Å². The minimum atomic E-state index is -0.319. The number of para-hydroxylation sites is 1. The molecule has 19 heavy (non-hydrogen) atoms. The fraction of sp³-hybridized carbons (Fsp3) is 0.235. The van der Waals surface area contributed by atoms with Gasteiger partial charge in [0.1, 0.15) is 6.04 Å². The van der Waals surface area contributed by atoms with Crippen LogP contribution in [-0.2, 0) is 0 Å². The molecule has 0 radical (unpaired) electrons. The highest BCUT2D eigenvalue weighted by molar-refractivity contribution is 5.54. The van der Waals surface area contributed by atoms with Gasteiger partial charge in [0, 0.05) is 5.69 Å². The van der Waals surface area contributed by atoms with Gasteiger partial charge in [0.25, 0.3) is 0 Å². The van der Waals surface area contributed by atoms with E-state index in [2.05, 4.69) is 31.3 Å². The summed E-state index contributed by atoms with van der Waals surface area (Å²) in [4.78, 5) is 0. The van der Waals surface area contributed by atoms with Crippen LogP contribution in [0, 0.1) is 32.1 Å². The summed E-state index contributed by atoms with van der Waals surface area (Å²) in [7, 11) is 0. The first-order valence-corrected chi connectivity index (χ1v) is 6.41. The molecule has 2 heteroatoms. The van der Waals surface area contributed by atoms with Gasteiger partial charge in [-0.3, -0.25) is 0 Å². The van der Waals surface area contributed by atoms with Gasteiger partial charge in [-0.2, -0.15) is 5.26 Å². The predicted molar refractivity (Wildman–Crippen MR) is 79.1 cm³/mol. The van der Waals surface area contributed by atoms with E-state index in [0.717, 1.165) is 16.8 Å². The van der Waals surface area contributed by atoms with Crippen molar-refractivity contribution in [3.8, 4) is 6.07 Å². The summed E-state index contributed by atoms with van der Waals surface area (Å²) in [5.74, 6) is 0. The number of aryl methyl sites for hydroxylation is 2. The third-order valence-corrected chi connectivity index (χ3v) is 3.53. The highest BCUT2D eigenvalue weighted by atomic mass is 14.9. The number of hydrogen-bond donors (Lipinski definition) is 1. The maximum absolute atomic E-state index is 9.43. The molecule has 0 aliphatic rings. The fourth-order valence-electron chi connectivity index (χ4n) is 2.16. The van der Waals surface area contributed by atoms with Gasteiger partial charge >= 0.3 is 0 Å².